The first-order valence-corrected chi connectivity index (χ1v) is 8.35. The van der Waals surface area contributed by atoms with Gasteiger partial charge in [-0.3, -0.25) is 0 Å². The van der Waals surface area contributed by atoms with Crippen LogP contribution in [-0.2, 0) is 13.8 Å². The molecule has 20 heavy (non-hydrogen) atoms. The minimum Gasteiger partial charge on any atom is -0.444 e. The Kier molecular flexibility index (Phi) is 3.72. The van der Waals surface area contributed by atoms with Gasteiger partial charge in [0.25, 0.3) is 9.05 Å². The second-order valence-electron chi connectivity index (χ2n) is 5.59. The molecule has 0 spiro atoms. The Bertz CT molecular complexity index is 614. The molecule has 1 aromatic heterocycles. The molecule has 0 unspecified atom stereocenters. The van der Waals surface area contributed by atoms with Gasteiger partial charge in [-0.1, -0.05) is 0 Å². The first-order valence-electron chi connectivity index (χ1n) is 6.04. The Morgan fingerprint density at radius 3 is 2.55 bits per heavy atom. The lowest BCUT2D eigenvalue weighted by atomic mass is 10.1. The zero-order valence-corrected chi connectivity index (χ0v) is 13.0. The molecule has 1 amide bonds. The van der Waals surface area contributed by atoms with E-state index < -0.39 is 20.7 Å². The van der Waals surface area contributed by atoms with Gasteiger partial charge in [-0.25, -0.2) is 17.9 Å². The SMILES string of the molecule is CC(C)(C)OC(=O)N1CC(n2nccc2S(=O)(=O)Cl)C1. The number of nitrogens with zero attached hydrogens (tertiary/aromatic N) is 3. The van der Waals surface area contributed by atoms with Crippen molar-refractivity contribution >= 4 is 25.8 Å². The zero-order valence-electron chi connectivity index (χ0n) is 11.4. The summed E-state index contributed by atoms with van der Waals surface area (Å²) in [4.78, 5) is 13.3. The van der Waals surface area contributed by atoms with E-state index >= 15 is 0 Å². The number of likely N-dealkylation sites (tertiary alicyclic amines) is 1. The van der Waals surface area contributed by atoms with Crippen LogP contribution in [0, 0.1) is 0 Å². The van der Waals surface area contributed by atoms with Crippen LogP contribution in [0.1, 0.15) is 26.8 Å². The third-order valence-corrected chi connectivity index (χ3v) is 4.04. The van der Waals surface area contributed by atoms with E-state index in [4.69, 9.17) is 15.4 Å². The summed E-state index contributed by atoms with van der Waals surface area (Å²) in [5.41, 5.74) is -0.557. The van der Waals surface area contributed by atoms with E-state index in [0.717, 1.165) is 0 Å². The van der Waals surface area contributed by atoms with Gasteiger partial charge in [0.2, 0.25) is 0 Å². The number of aromatic nitrogens is 2. The molecule has 0 atom stereocenters. The highest BCUT2D eigenvalue weighted by atomic mass is 35.7. The molecule has 0 radical (unpaired) electrons. The molecule has 112 valence electrons. The van der Waals surface area contributed by atoms with E-state index in [0.29, 0.717) is 13.1 Å². The molecule has 0 N–H and O–H groups in total. The predicted octanol–water partition coefficient (Wildman–Crippen LogP) is 1.60. The second-order valence-corrected chi connectivity index (χ2v) is 8.10. The Hall–Kier alpha value is -1.28. The smallest absolute Gasteiger partial charge is 0.410 e. The number of hydrogen-bond donors (Lipinski definition) is 0. The number of amides is 1. The van der Waals surface area contributed by atoms with E-state index in [1.165, 1.54) is 21.8 Å². The fraction of sp³-hybridized carbons (Fsp3) is 0.636. The summed E-state index contributed by atoms with van der Waals surface area (Å²) >= 11 is 0. The van der Waals surface area contributed by atoms with Crippen LogP contribution in [0.4, 0.5) is 4.79 Å². The summed E-state index contributed by atoms with van der Waals surface area (Å²) in [6.45, 7) is 6.04. The number of carbonyl (C=O) groups excluding carboxylic acids is 1. The monoisotopic (exact) mass is 321 g/mol. The van der Waals surface area contributed by atoms with Crippen molar-refractivity contribution in [2.24, 2.45) is 0 Å². The van der Waals surface area contributed by atoms with Gasteiger partial charge in [0, 0.05) is 23.8 Å². The maximum atomic E-state index is 11.8. The van der Waals surface area contributed by atoms with Crippen molar-refractivity contribution in [1.29, 1.82) is 0 Å². The summed E-state index contributed by atoms with van der Waals surface area (Å²) in [6.07, 6.45) is 0.946. The van der Waals surface area contributed by atoms with Gasteiger partial charge in [0.15, 0.2) is 5.03 Å². The van der Waals surface area contributed by atoms with Gasteiger partial charge < -0.3 is 9.64 Å². The van der Waals surface area contributed by atoms with Gasteiger partial charge >= 0.3 is 6.09 Å². The van der Waals surface area contributed by atoms with Gasteiger partial charge in [-0.05, 0) is 26.8 Å². The lowest BCUT2D eigenvalue weighted by molar-refractivity contribution is -0.00151. The van der Waals surface area contributed by atoms with Gasteiger partial charge in [0.05, 0.1) is 12.2 Å². The summed E-state index contributed by atoms with van der Waals surface area (Å²) < 4.78 is 29.3. The Labute approximate surface area is 121 Å². The predicted molar refractivity (Wildman–Crippen MR) is 72.1 cm³/mol. The highest BCUT2D eigenvalue weighted by molar-refractivity contribution is 8.13. The third-order valence-electron chi connectivity index (χ3n) is 2.74. The van der Waals surface area contributed by atoms with E-state index in [1.54, 1.807) is 20.8 Å². The van der Waals surface area contributed by atoms with Crippen molar-refractivity contribution in [2.45, 2.75) is 37.4 Å². The molecule has 0 bridgehead atoms. The third kappa shape index (κ3) is 3.24. The maximum absolute atomic E-state index is 11.8. The first-order chi connectivity index (χ1) is 9.08. The molecule has 0 aromatic carbocycles. The summed E-state index contributed by atoms with van der Waals surface area (Å²) in [7, 11) is 1.48. The first kappa shape index (κ1) is 15.1. The molecule has 2 heterocycles. The molecule has 1 fully saturated rings. The van der Waals surface area contributed by atoms with Crippen molar-refractivity contribution in [3.05, 3.63) is 12.3 Å². The summed E-state index contributed by atoms with van der Waals surface area (Å²) in [5, 5.41) is 3.89. The van der Waals surface area contributed by atoms with Crippen molar-refractivity contribution in [2.75, 3.05) is 13.1 Å². The number of ether oxygens (including phenoxy) is 1. The van der Waals surface area contributed by atoms with E-state index in [1.807, 2.05) is 0 Å². The topological polar surface area (TPSA) is 81.5 Å². The highest BCUT2D eigenvalue weighted by Gasteiger charge is 2.37. The number of rotatable bonds is 2. The highest BCUT2D eigenvalue weighted by Crippen LogP contribution is 2.26. The van der Waals surface area contributed by atoms with Gasteiger partial charge in [-0.2, -0.15) is 5.10 Å². The molecule has 1 aromatic rings. The van der Waals surface area contributed by atoms with Crippen LogP contribution in [-0.4, -0.2) is 47.9 Å². The number of halogens is 1. The largest absolute Gasteiger partial charge is 0.444 e. The van der Waals surface area contributed by atoms with Crippen LogP contribution in [0.15, 0.2) is 17.3 Å². The Balaban J connectivity index is 2.01. The van der Waals surface area contributed by atoms with Crippen molar-refractivity contribution < 1.29 is 17.9 Å². The minimum absolute atomic E-state index is 0.0620. The van der Waals surface area contributed by atoms with Crippen LogP contribution in [0.5, 0.6) is 0 Å². The molecule has 1 aliphatic heterocycles. The molecule has 1 saturated heterocycles. The van der Waals surface area contributed by atoms with Gasteiger partial charge in [0.1, 0.15) is 5.60 Å². The molecule has 7 nitrogen and oxygen atoms in total. The van der Waals surface area contributed by atoms with Crippen LogP contribution < -0.4 is 0 Å². The van der Waals surface area contributed by atoms with Crippen LogP contribution >= 0.6 is 10.7 Å². The van der Waals surface area contributed by atoms with Crippen LogP contribution in [0.2, 0.25) is 0 Å². The van der Waals surface area contributed by atoms with Gasteiger partial charge in [-0.15, -0.1) is 0 Å². The summed E-state index contributed by atoms with van der Waals surface area (Å²) in [6, 6.07) is 1.12. The van der Waals surface area contributed by atoms with Crippen molar-refractivity contribution in [3.63, 3.8) is 0 Å². The Morgan fingerprint density at radius 2 is 2.05 bits per heavy atom. The lowest BCUT2D eigenvalue weighted by Crippen LogP contribution is -2.52. The summed E-state index contributed by atoms with van der Waals surface area (Å²) in [5.74, 6) is 0. The number of carbonyl (C=O) groups is 1. The molecule has 9 heteroatoms. The molecule has 0 aliphatic carbocycles. The van der Waals surface area contributed by atoms with Crippen molar-refractivity contribution in [3.8, 4) is 0 Å². The Morgan fingerprint density at radius 1 is 1.45 bits per heavy atom. The standard InChI is InChI=1S/C11H16ClN3O4S/c1-11(2,3)19-10(16)14-6-8(7-14)15-9(4-5-13-15)20(12,17)18/h4-5,8H,6-7H2,1-3H3. The minimum atomic E-state index is -3.84. The van der Waals surface area contributed by atoms with E-state index in [2.05, 4.69) is 5.10 Å². The molecule has 0 saturated carbocycles. The normalized spacial score (nSPS) is 16.9. The van der Waals surface area contributed by atoms with E-state index in [-0.39, 0.29) is 11.1 Å². The van der Waals surface area contributed by atoms with Crippen LogP contribution in [0.3, 0.4) is 0 Å². The lowest BCUT2D eigenvalue weighted by Gasteiger charge is -2.39. The molecular formula is C11H16ClN3O4S. The average molecular weight is 322 g/mol. The maximum Gasteiger partial charge on any atom is 0.410 e. The van der Waals surface area contributed by atoms with Crippen LogP contribution in [0.25, 0.3) is 0 Å². The quantitative estimate of drug-likeness (QED) is 0.773. The fourth-order valence-electron chi connectivity index (χ4n) is 1.85. The molecular weight excluding hydrogens is 306 g/mol. The van der Waals surface area contributed by atoms with Crippen molar-refractivity contribution in [1.82, 2.24) is 14.7 Å². The molecule has 2 rings (SSSR count). The fourth-order valence-corrected chi connectivity index (χ4v) is 2.86. The number of hydrogen-bond acceptors (Lipinski definition) is 5. The second kappa shape index (κ2) is 4.92. The van der Waals surface area contributed by atoms with E-state index in [9.17, 15) is 13.2 Å². The zero-order chi connectivity index (χ0) is 15.1. The molecule has 1 aliphatic rings. The average Bonchev–Trinajstić information content (AvgIpc) is 2.59.